The maximum Gasteiger partial charge on any atom is 0.271 e. The van der Waals surface area contributed by atoms with Gasteiger partial charge in [-0.15, -0.1) is 11.3 Å². The second kappa shape index (κ2) is 7.03. The molecular weight excluding hydrogens is 294 g/mol. The standard InChI is InChI=1S/C17H21N3OS/c1-13-19-16(12-22-13)17(21)18-10-14-5-4-6-15(9-14)11-20-7-2-3-8-20/h4-6,9,12H,2-3,7-8,10-11H2,1H3,(H,18,21). The molecule has 5 heteroatoms. The SMILES string of the molecule is Cc1nc(C(=O)NCc2cccc(CN3CCCC3)c2)cs1. The monoisotopic (exact) mass is 315 g/mol. The van der Waals surface area contributed by atoms with Crippen LogP contribution in [0.3, 0.4) is 0 Å². The fourth-order valence-corrected chi connectivity index (χ4v) is 3.37. The number of aryl methyl sites for hydroxylation is 1. The molecule has 2 aromatic rings. The third kappa shape index (κ3) is 3.93. The van der Waals surface area contributed by atoms with Crippen LogP contribution in [0.15, 0.2) is 29.6 Å². The third-order valence-corrected chi connectivity index (χ3v) is 4.67. The van der Waals surface area contributed by atoms with Gasteiger partial charge in [0, 0.05) is 18.5 Å². The fourth-order valence-electron chi connectivity index (χ4n) is 2.78. The Labute approximate surface area is 135 Å². The molecule has 1 N–H and O–H groups in total. The largest absolute Gasteiger partial charge is 0.347 e. The van der Waals surface area contributed by atoms with E-state index in [1.807, 2.05) is 6.92 Å². The number of likely N-dealkylation sites (tertiary alicyclic amines) is 1. The topological polar surface area (TPSA) is 45.2 Å². The Morgan fingerprint density at radius 3 is 2.82 bits per heavy atom. The summed E-state index contributed by atoms with van der Waals surface area (Å²) in [5.74, 6) is -0.103. The van der Waals surface area contributed by atoms with Gasteiger partial charge in [-0.25, -0.2) is 4.98 Å². The van der Waals surface area contributed by atoms with Gasteiger partial charge in [0.2, 0.25) is 0 Å². The molecule has 0 unspecified atom stereocenters. The lowest BCUT2D eigenvalue weighted by molar-refractivity contribution is 0.0946. The van der Waals surface area contributed by atoms with Gasteiger partial charge in [-0.1, -0.05) is 24.3 Å². The fraction of sp³-hybridized carbons (Fsp3) is 0.412. The lowest BCUT2D eigenvalue weighted by Crippen LogP contribution is -2.23. The van der Waals surface area contributed by atoms with E-state index in [2.05, 4.69) is 39.5 Å². The van der Waals surface area contributed by atoms with Gasteiger partial charge in [0.1, 0.15) is 5.69 Å². The Morgan fingerprint density at radius 1 is 1.32 bits per heavy atom. The zero-order valence-electron chi connectivity index (χ0n) is 12.8. The highest BCUT2D eigenvalue weighted by Crippen LogP contribution is 2.14. The van der Waals surface area contributed by atoms with Gasteiger partial charge in [0.05, 0.1) is 5.01 Å². The lowest BCUT2D eigenvalue weighted by Gasteiger charge is -2.15. The first-order valence-electron chi connectivity index (χ1n) is 7.71. The van der Waals surface area contributed by atoms with Gasteiger partial charge in [0.15, 0.2) is 0 Å². The Bertz CT molecular complexity index is 647. The number of benzene rings is 1. The maximum absolute atomic E-state index is 12.0. The number of hydrogen-bond acceptors (Lipinski definition) is 4. The molecule has 0 atom stereocenters. The number of carbonyl (C=O) groups excluding carboxylic acids is 1. The van der Waals surface area contributed by atoms with E-state index in [4.69, 9.17) is 0 Å². The predicted molar refractivity (Wildman–Crippen MR) is 89.0 cm³/mol. The average Bonchev–Trinajstić information content (AvgIpc) is 3.17. The van der Waals surface area contributed by atoms with Crippen LogP contribution in [0, 0.1) is 6.92 Å². The van der Waals surface area contributed by atoms with Crippen molar-refractivity contribution in [1.29, 1.82) is 0 Å². The number of hydrogen-bond donors (Lipinski definition) is 1. The summed E-state index contributed by atoms with van der Waals surface area (Å²) in [6, 6.07) is 8.47. The molecule has 1 aromatic carbocycles. The van der Waals surface area contributed by atoms with Crippen LogP contribution < -0.4 is 5.32 Å². The molecule has 1 aliphatic heterocycles. The second-order valence-electron chi connectivity index (χ2n) is 5.74. The lowest BCUT2D eigenvalue weighted by atomic mass is 10.1. The maximum atomic E-state index is 12.0. The number of nitrogens with zero attached hydrogens (tertiary/aromatic N) is 2. The molecule has 0 saturated carbocycles. The zero-order chi connectivity index (χ0) is 15.4. The molecule has 2 heterocycles. The molecule has 1 amide bonds. The van der Waals surface area contributed by atoms with Crippen LogP contribution in [-0.4, -0.2) is 28.9 Å². The van der Waals surface area contributed by atoms with Crippen molar-refractivity contribution < 1.29 is 4.79 Å². The minimum atomic E-state index is -0.103. The van der Waals surface area contributed by atoms with E-state index in [0.29, 0.717) is 12.2 Å². The van der Waals surface area contributed by atoms with E-state index in [0.717, 1.165) is 17.1 Å². The van der Waals surface area contributed by atoms with Gasteiger partial charge in [-0.05, 0) is 44.0 Å². The van der Waals surface area contributed by atoms with E-state index < -0.39 is 0 Å². The van der Waals surface area contributed by atoms with Gasteiger partial charge in [-0.2, -0.15) is 0 Å². The Morgan fingerprint density at radius 2 is 2.09 bits per heavy atom. The van der Waals surface area contributed by atoms with Gasteiger partial charge >= 0.3 is 0 Å². The van der Waals surface area contributed by atoms with Crippen LogP contribution in [0.5, 0.6) is 0 Å². The number of rotatable bonds is 5. The second-order valence-corrected chi connectivity index (χ2v) is 6.80. The third-order valence-electron chi connectivity index (χ3n) is 3.90. The zero-order valence-corrected chi connectivity index (χ0v) is 13.7. The molecule has 0 spiro atoms. The van der Waals surface area contributed by atoms with Crippen LogP contribution in [-0.2, 0) is 13.1 Å². The molecule has 1 aliphatic rings. The van der Waals surface area contributed by atoms with E-state index in [1.54, 1.807) is 5.38 Å². The Hall–Kier alpha value is -1.72. The van der Waals surface area contributed by atoms with Crippen LogP contribution in [0.1, 0.15) is 39.5 Å². The minimum Gasteiger partial charge on any atom is -0.347 e. The highest BCUT2D eigenvalue weighted by atomic mass is 32.1. The summed E-state index contributed by atoms with van der Waals surface area (Å²) in [6.45, 7) is 5.86. The first kappa shape index (κ1) is 15.2. The van der Waals surface area contributed by atoms with Crippen molar-refractivity contribution in [2.45, 2.75) is 32.9 Å². The summed E-state index contributed by atoms with van der Waals surface area (Å²) in [4.78, 5) is 18.7. The molecule has 4 nitrogen and oxygen atoms in total. The first-order chi connectivity index (χ1) is 10.7. The number of nitrogens with one attached hydrogen (secondary N) is 1. The van der Waals surface area contributed by atoms with Gasteiger partial charge in [0.25, 0.3) is 5.91 Å². The molecule has 3 rings (SSSR count). The van der Waals surface area contributed by atoms with Crippen molar-refractivity contribution in [2.24, 2.45) is 0 Å². The Kier molecular flexibility index (Phi) is 4.85. The highest BCUT2D eigenvalue weighted by Gasteiger charge is 2.12. The van der Waals surface area contributed by atoms with E-state index in [-0.39, 0.29) is 5.91 Å². The molecule has 0 bridgehead atoms. The summed E-state index contributed by atoms with van der Waals surface area (Å²) < 4.78 is 0. The first-order valence-corrected chi connectivity index (χ1v) is 8.59. The Balaban J connectivity index is 1.57. The predicted octanol–water partition coefficient (Wildman–Crippen LogP) is 2.98. The molecular formula is C17H21N3OS. The number of carbonyl (C=O) groups is 1. The molecule has 1 fully saturated rings. The number of aromatic nitrogens is 1. The van der Waals surface area contributed by atoms with Crippen LogP contribution in [0.25, 0.3) is 0 Å². The van der Waals surface area contributed by atoms with Gasteiger partial charge < -0.3 is 5.32 Å². The molecule has 116 valence electrons. The van der Waals surface area contributed by atoms with Crippen molar-refractivity contribution in [2.75, 3.05) is 13.1 Å². The molecule has 22 heavy (non-hydrogen) atoms. The quantitative estimate of drug-likeness (QED) is 0.922. The molecule has 0 radical (unpaired) electrons. The average molecular weight is 315 g/mol. The molecule has 1 saturated heterocycles. The summed E-state index contributed by atoms with van der Waals surface area (Å²) >= 11 is 1.50. The van der Waals surface area contributed by atoms with Crippen molar-refractivity contribution in [3.63, 3.8) is 0 Å². The summed E-state index contributed by atoms with van der Waals surface area (Å²) in [5.41, 5.74) is 2.96. The highest BCUT2D eigenvalue weighted by molar-refractivity contribution is 7.09. The van der Waals surface area contributed by atoms with Crippen molar-refractivity contribution in [3.8, 4) is 0 Å². The van der Waals surface area contributed by atoms with Crippen molar-refractivity contribution >= 4 is 17.2 Å². The normalized spacial score (nSPS) is 15.1. The van der Waals surface area contributed by atoms with E-state index >= 15 is 0 Å². The van der Waals surface area contributed by atoms with Crippen molar-refractivity contribution in [3.05, 3.63) is 51.5 Å². The van der Waals surface area contributed by atoms with E-state index in [9.17, 15) is 4.79 Å². The van der Waals surface area contributed by atoms with Gasteiger partial charge in [-0.3, -0.25) is 9.69 Å². The van der Waals surface area contributed by atoms with Crippen LogP contribution >= 0.6 is 11.3 Å². The van der Waals surface area contributed by atoms with E-state index in [1.165, 1.54) is 42.8 Å². The number of thiazole rings is 1. The minimum absolute atomic E-state index is 0.103. The van der Waals surface area contributed by atoms with Crippen LogP contribution in [0.2, 0.25) is 0 Å². The number of amides is 1. The molecule has 1 aromatic heterocycles. The summed E-state index contributed by atoms with van der Waals surface area (Å²) in [7, 11) is 0. The van der Waals surface area contributed by atoms with Crippen LogP contribution in [0.4, 0.5) is 0 Å². The molecule has 0 aliphatic carbocycles. The smallest absolute Gasteiger partial charge is 0.271 e. The summed E-state index contributed by atoms with van der Waals surface area (Å²) in [6.07, 6.45) is 2.62. The summed E-state index contributed by atoms with van der Waals surface area (Å²) in [5, 5.41) is 5.66. The van der Waals surface area contributed by atoms with Crippen molar-refractivity contribution in [1.82, 2.24) is 15.2 Å².